The van der Waals surface area contributed by atoms with Gasteiger partial charge in [-0.05, 0) is 35.6 Å². The summed E-state index contributed by atoms with van der Waals surface area (Å²) in [4.78, 5) is 4.47. The maximum atomic E-state index is 6.38. The molecular formula is C17H15ClN2. The summed E-state index contributed by atoms with van der Waals surface area (Å²) in [5.41, 5.74) is 9.28. The van der Waals surface area contributed by atoms with Crippen molar-refractivity contribution in [3.63, 3.8) is 0 Å². The summed E-state index contributed by atoms with van der Waals surface area (Å²) in [5, 5.41) is 2.96. The van der Waals surface area contributed by atoms with E-state index in [1.54, 1.807) is 6.20 Å². The third-order valence-corrected chi connectivity index (χ3v) is 3.96. The Morgan fingerprint density at radius 1 is 1.10 bits per heavy atom. The second-order valence-electron chi connectivity index (χ2n) is 4.90. The number of pyridine rings is 1. The average molecular weight is 283 g/mol. The van der Waals surface area contributed by atoms with Crippen LogP contribution >= 0.6 is 11.6 Å². The predicted octanol–water partition coefficient (Wildman–Crippen LogP) is 4.24. The van der Waals surface area contributed by atoms with Gasteiger partial charge in [0.15, 0.2) is 0 Å². The molecule has 1 heterocycles. The Morgan fingerprint density at radius 3 is 2.70 bits per heavy atom. The molecule has 0 aliphatic rings. The van der Waals surface area contributed by atoms with E-state index in [4.69, 9.17) is 17.3 Å². The van der Waals surface area contributed by atoms with Gasteiger partial charge in [0.2, 0.25) is 0 Å². The molecule has 3 heteroatoms. The topological polar surface area (TPSA) is 38.9 Å². The molecular weight excluding hydrogens is 268 g/mol. The van der Waals surface area contributed by atoms with Crippen LogP contribution in [0.15, 0.2) is 54.7 Å². The fourth-order valence-corrected chi connectivity index (χ4v) is 2.54. The van der Waals surface area contributed by atoms with E-state index in [-0.39, 0.29) is 6.04 Å². The Labute approximate surface area is 123 Å². The maximum Gasteiger partial charge on any atom is 0.0733 e. The highest BCUT2D eigenvalue weighted by molar-refractivity contribution is 6.31. The van der Waals surface area contributed by atoms with Crippen LogP contribution in [0, 0.1) is 6.92 Å². The lowest BCUT2D eigenvalue weighted by Crippen LogP contribution is -2.14. The third-order valence-electron chi connectivity index (χ3n) is 3.55. The van der Waals surface area contributed by atoms with Crippen LogP contribution in [0.3, 0.4) is 0 Å². The molecule has 0 spiro atoms. The van der Waals surface area contributed by atoms with E-state index >= 15 is 0 Å². The Hall–Kier alpha value is -1.90. The number of benzene rings is 2. The molecule has 0 saturated heterocycles. The molecule has 3 rings (SSSR count). The van der Waals surface area contributed by atoms with Crippen molar-refractivity contribution >= 4 is 22.4 Å². The maximum absolute atomic E-state index is 6.38. The summed E-state index contributed by atoms with van der Waals surface area (Å²) in [7, 11) is 0. The van der Waals surface area contributed by atoms with Crippen molar-refractivity contribution in [1.29, 1.82) is 0 Å². The Morgan fingerprint density at radius 2 is 1.90 bits per heavy atom. The van der Waals surface area contributed by atoms with Crippen LogP contribution in [0.2, 0.25) is 5.02 Å². The number of nitrogens with zero attached hydrogens (tertiary/aromatic N) is 1. The van der Waals surface area contributed by atoms with Gasteiger partial charge in [-0.1, -0.05) is 48.0 Å². The molecule has 3 aromatic rings. The summed E-state index contributed by atoms with van der Waals surface area (Å²) in [5.74, 6) is 0. The summed E-state index contributed by atoms with van der Waals surface area (Å²) < 4.78 is 0. The third kappa shape index (κ3) is 2.28. The number of aromatic nitrogens is 1. The van der Waals surface area contributed by atoms with Gasteiger partial charge in [0.25, 0.3) is 0 Å². The smallest absolute Gasteiger partial charge is 0.0733 e. The van der Waals surface area contributed by atoms with E-state index in [0.717, 1.165) is 32.6 Å². The molecule has 100 valence electrons. The molecule has 2 N–H and O–H groups in total. The number of aryl methyl sites for hydroxylation is 1. The van der Waals surface area contributed by atoms with Crippen LogP contribution < -0.4 is 5.73 Å². The van der Waals surface area contributed by atoms with Crippen molar-refractivity contribution in [3.8, 4) is 0 Å². The van der Waals surface area contributed by atoms with Crippen molar-refractivity contribution in [2.24, 2.45) is 5.73 Å². The standard InChI is InChI=1S/C17H15ClN2/c1-11-6-7-13(10-15(11)18)16(19)17-14-5-3-2-4-12(14)8-9-20-17/h2-10,16H,19H2,1H3. The van der Waals surface area contributed by atoms with Crippen LogP contribution in [0.25, 0.3) is 10.8 Å². The number of halogens is 1. The first-order valence-corrected chi connectivity index (χ1v) is 6.90. The first-order chi connectivity index (χ1) is 9.66. The molecule has 1 atom stereocenters. The summed E-state index contributed by atoms with van der Waals surface area (Å²) in [6, 6.07) is 15.8. The van der Waals surface area contributed by atoms with Gasteiger partial charge in [0, 0.05) is 16.6 Å². The normalized spacial score (nSPS) is 12.6. The molecule has 0 amide bonds. The monoisotopic (exact) mass is 282 g/mol. The second-order valence-corrected chi connectivity index (χ2v) is 5.31. The zero-order chi connectivity index (χ0) is 14.1. The highest BCUT2D eigenvalue weighted by Crippen LogP contribution is 2.27. The van der Waals surface area contributed by atoms with Crippen LogP contribution in [-0.2, 0) is 0 Å². The van der Waals surface area contributed by atoms with Gasteiger partial charge in [-0.2, -0.15) is 0 Å². The SMILES string of the molecule is Cc1ccc(C(N)c2nccc3ccccc23)cc1Cl. The molecule has 1 aromatic heterocycles. The van der Waals surface area contributed by atoms with E-state index in [1.807, 2.05) is 49.4 Å². The molecule has 0 aliphatic heterocycles. The zero-order valence-electron chi connectivity index (χ0n) is 11.2. The van der Waals surface area contributed by atoms with Crippen molar-refractivity contribution in [2.45, 2.75) is 13.0 Å². The largest absolute Gasteiger partial charge is 0.319 e. The Bertz CT molecular complexity index is 763. The summed E-state index contributed by atoms with van der Waals surface area (Å²) in [6.07, 6.45) is 1.80. The molecule has 0 radical (unpaired) electrons. The minimum absolute atomic E-state index is 0.279. The summed E-state index contributed by atoms with van der Waals surface area (Å²) >= 11 is 6.19. The van der Waals surface area contributed by atoms with Crippen molar-refractivity contribution in [3.05, 3.63) is 76.6 Å². The number of nitrogens with two attached hydrogens (primary N) is 1. The van der Waals surface area contributed by atoms with Gasteiger partial charge in [-0.3, -0.25) is 4.98 Å². The van der Waals surface area contributed by atoms with E-state index in [0.29, 0.717) is 0 Å². The number of rotatable bonds is 2. The summed E-state index contributed by atoms with van der Waals surface area (Å²) in [6.45, 7) is 1.98. The zero-order valence-corrected chi connectivity index (χ0v) is 11.9. The molecule has 0 saturated carbocycles. The van der Waals surface area contributed by atoms with Crippen LogP contribution in [0.5, 0.6) is 0 Å². The quantitative estimate of drug-likeness (QED) is 0.763. The number of hydrogen-bond acceptors (Lipinski definition) is 2. The highest BCUT2D eigenvalue weighted by Gasteiger charge is 2.14. The molecule has 0 fully saturated rings. The van der Waals surface area contributed by atoms with Crippen molar-refractivity contribution in [1.82, 2.24) is 4.98 Å². The fourth-order valence-electron chi connectivity index (χ4n) is 2.35. The highest BCUT2D eigenvalue weighted by atomic mass is 35.5. The molecule has 0 aliphatic carbocycles. The number of fused-ring (bicyclic) bond motifs is 1. The predicted molar refractivity (Wildman–Crippen MR) is 84.0 cm³/mol. The van der Waals surface area contributed by atoms with E-state index < -0.39 is 0 Å². The van der Waals surface area contributed by atoms with Crippen molar-refractivity contribution < 1.29 is 0 Å². The van der Waals surface area contributed by atoms with Gasteiger partial charge in [0.1, 0.15) is 0 Å². The van der Waals surface area contributed by atoms with E-state index in [2.05, 4.69) is 11.1 Å². The Balaban J connectivity index is 2.12. The lowest BCUT2D eigenvalue weighted by atomic mass is 9.98. The molecule has 1 unspecified atom stereocenters. The first kappa shape index (κ1) is 13.1. The van der Waals surface area contributed by atoms with Crippen LogP contribution in [0.1, 0.15) is 22.9 Å². The molecule has 2 aromatic carbocycles. The second kappa shape index (κ2) is 5.23. The molecule has 2 nitrogen and oxygen atoms in total. The van der Waals surface area contributed by atoms with Crippen LogP contribution in [0.4, 0.5) is 0 Å². The fraction of sp³-hybridized carbons (Fsp3) is 0.118. The van der Waals surface area contributed by atoms with E-state index in [9.17, 15) is 0 Å². The van der Waals surface area contributed by atoms with Crippen molar-refractivity contribution in [2.75, 3.05) is 0 Å². The van der Waals surface area contributed by atoms with Crippen LogP contribution in [-0.4, -0.2) is 4.98 Å². The van der Waals surface area contributed by atoms with Gasteiger partial charge < -0.3 is 5.73 Å². The molecule has 0 bridgehead atoms. The number of hydrogen-bond donors (Lipinski definition) is 1. The van der Waals surface area contributed by atoms with E-state index in [1.165, 1.54) is 0 Å². The minimum atomic E-state index is -0.279. The lowest BCUT2D eigenvalue weighted by molar-refractivity contribution is 0.840. The first-order valence-electron chi connectivity index (χ1n) is 6.52. The van der Waals surface area contributed by atoms with Gasteiger partial charge in [-0.15, -0.1) is 0 Å². The van der Waals surface area contributed by atoms with Gasteiger partial charge >= 0.3 is 0 Å². The lowest BCUT2D eigenvalue weighted by Gasteiger charge is -2.15. The molecule has 20 heavy (non-hydrogen) atoms. The van der Waals surface area contributed by atoms with Gasteiger partial charge in [-0.25, -0.2) is 0 Å². The average Bonchev–Trinajstić information content (AvgIpc) is 2.49. The minimum Gasteiger partial charge on any atom is -0.319 e. The Kier molecular flexibility index (Phi) is 3.43. The van der Waals surface area contributed by atoms with Gasteiger partial charge in [0.05, 0.1) is 11.7 Å².